The molecule has 1 nitrogen and oxygen atoms in total. The van der Waals surface area contributed by atoms with E-state index >= 15 is 0 Å². The third-order valence-corrected chi connectivity index (χ3v) is 3.20. The van der Waals surface area contributed by atoms with Crippen molar-refractivity contribution in [1.82, 2.24) is 5.32 Å². The SMILES string of the molecule is CC(C)NCCC(C)(C)Cc1ccc(Cl)cc1. The minimum absolute atomic E-state index is 0.329. The van der Waals surface area contributed by atoms with Crippen LogP contribution in [0.1, 0.15) is 39.7 Å². The molecule has 96 valence electrons. The number of hydrogen-bond donors (Lipinski definition) is 1. The van der Waals surface area contributed by atoms with Gasteiger partial charge in [0.15, 0.2) is 0 Å². The molecule has 0 aliphatic carbocycles. The van der Waals surface area contributed by atoms with Gasteiger partial charge in [-0.2, -0.15) is 0 Å². The fraction of sp³-hybridized carbons (Fsp3) is 0.600. The van der Waals surface area contributed by atoms with Crippen LogP contribution in [0, 0.1) is 5.41 Å². The van der Waals surface area contributed by atoms with E-state index in [-0.39, 0.29) is 0 Å². The van der Waals surface area contributed by atoms with Crippen molar-refractivity contribution >= 4 is 11.6 Å². The van der Waals surface area contributed by atoms with E-state index in [2.05, 4.69) is 45.1 Å². The van der Waals surface area contributed by atoms with Crippen LogP contribution in [0.3, 0.4) is 0 Å². The van der Waals surface area contributed by atoms with Gasteiger partial charge < -0.3 is 5.32 Å². The highest BCUT2D eigenvalue weighted by Gasteiger charge is 2.18. The van der Waals surface area contributed by atoms with Gasteiger partial charge in [-0.05, 0) is 42.5 Å². The summed E-state index contributed by atoms with van der Waals surface area (Å²) < 4.78 is 0. The van der Waals surface area contributed by atoms with Gasteiger partial charge in [0.1, 0.15) is 0 Å². The molecule has 1 rings (SSSR count). The number of hydrogen-bond acceptors (Lipinski definition) is 1. The van der Waals surface area contributed by atoms with Crippen LogP contribution in [0.25, 0.3) is 0 Å². The molecule has 0 amide bonds. The molecular weight excluding hydrogens is 230 g/mol. The van der Waals surface area contributed by atoms with Gasteiger partial charge in [0.25, 0.3) is 0 Å². The predicted octanol–water partition coefficient (Wildman–Crippen LogP) is 4.30. The van der Waals surface area contributed by atoms with Gasteiger partial charge in [-0.3, -0.25) is 0 Å². The second kappa shape index (κ2) is 6.42. The van der Waals surface area contributed by atoms with Crippen molar-refractivity contribution in [2.75, 3.05) is 6.54 Å². The molecule has 0 aromatic heterocycles. The quantitative estimate of drug-likeness (QED) is 0.797. The van der Waals surface area contributed by atoms with E-state index in [4.69, 9.17) is 11.6 Å². The van der Waals surface area contributed by atoms with Gasteiger partial charge in [-0.1, -0.05) is 51.4 Å². The number of rotatable bonds is 6. The molecular formula is C15H24ClN. The zero-order valence-corrected chi connectivity index (χ0v) is 12.1. The minimum Gasteiger partial charge on any atom is -0.315 e. The van der Waals surface area contributed by atoms with Crippen molar-refractivity contribution in [3.8, 4) is 0 Å². The van der Waals surface area contributed by atoms with Crippen LogP contribution in [0.15, 0.2) is 24.3 Å². The summed E-state index contributed by atoms with van der Waals surface area (Å²) in [5.74, 6) is 0. The number of benzene rings is 1. The van der Waals surface area contributed by atoms with Crippen LogP contribution in [0.2, 0.25) is 5.02 Å². The van der Waals surface area contributed by atoms with Crippen molar-refractivity contribution in [2.45, 2.75) is 46.6 Å². The Labute approximate surface area is 111 Å². The molecule has 0 fully saturated rings. The lowest BCUT2D eigenvalue weighted by Crippen LogP contribution is -2.28. The van der Waals surface area contributed by atoms with E-state index in [1.54, 1.807) is 0 Å². The maximum atomic E-state index is 5.89. The van der Waals surface area contributed by atoms with Gasteiger partial charge in [-0.15, -0.1) is 0 Å². The van der Waals surface area contributed by atoms with E-state index in [1.165, 1.54) is 12.0 Å². The molecule has 0 spiro atoms. The maximum absolute atomic E-state index is 5.89. The zero-order chi connectivity index (χ0) is 12.9. The first kappa shape index (κ1) is 14.5. The maximum Gasteiger partial charge on any atom is 0.0406 e. The summed E-state index contributed by atoms with van der Waals surface area (Å²) in [7, 11) is 0. The standard InChI is InChI=1S/C15H24ClN/c1-12(2)17-10-9-15(3,4)11-13-5-7-14(16)8-6-13/h5-8,12,17H,9-11H2,1-4H3. The smallest absolute Gasteiger partial charge is 0.0406 e. The van der Waals surface area contributed by atoms with E-state index in [1.807, 2.05) is 12.1 Å². The van der Waals surface area contributed by atoms with E-state index in [0.29, 0.717) is 11.5 Å². The molecule has 1 N–H and O–H groups in total. The highest BCUT2D eigenvalue weighted by atomic mass is 35.5. The van der Waals surface area contributed by atoms with Crippen molar-refractivity contribution in [3.63, 3.8) is 0 Å². The Kier molecular flexibility index (Phi) is 5.48. The molecule has 0 saturated heterocycles. The minimum atomic E-state index is 0.329. The van der Waals surface area contributed by atoms with Gasteiger partial charge in [0.2, 0.25) is 0 Å². The van der Waals surface area contributed by atoms with Gasteiger partial charge >= 0.3 is 0 Å². The van der Waals surface area contributed by atoms with Gasteiger partial charge in [0, 0.05) is 11.1 Å². The molecule has 0 atom stereocenters. The van der Waals surface area contributed by atoms with Crippen molar-refractivity contribution in [1.29, 1.82) is 0 Å². The number of nitrogens with one attached hydrogen (secondary N) is 1. The van der Waals surface area contributed by atoms with Crippen LogP contribution in [-0.2, 0) is 6.42 Å². The van der Waals surface area contributed by atoms with Crippen LogP contribution >= 0.6 is 11.6 Å². The Bertz CT molecular complexity index is 327. The van der Waals surface area contributed by atoms with Crippen LogP contribution in [0.4, 0.5) is 0 Å². The summed E-state index contributed by atoms with van der Waals surface area (Å²) in [6.07, 6.45) is 2.29. The lowest BCUT2D eigenvalue weighted by molar-refractivity contribution is 0.320. The molecule has 0 radical (unpaired) electrons. The normalized spacial score (nSPS) is 12.1. The molecule has 1 aromatic carbocycles. The Hall–Kier alpha value is -0.530. The third kappa shape index (κ3) is 6.09. The first-order valence-corrected chi connectivity index (χ1v) is 6.75. The Morgan fingerprint density at radius 2 is 1.76 bits per heavy atom. The summed E-state index contributed by atoms with van der Waals surface area (Å²) in [5, 5.41) is 4.29. The summed E-state index contributed by atoms with van der Waals surface area (Å²) in [6.45, 7) is 10.1. The van der Waals surface area contributed by atoms with Crippen LogP contribution < -0.4 is 5.32 Å². The van der Waals surface area contributed by atoms with Crippen molar-refractivity contribution in [3.05, 3.63) is 34.9 Å². The molecule has 0 saturated carbocycles. The molecule has 1 aromatic rings. The van der Waals surface area contributed by atoms with Crippen LogP contribution in [-0.4, -0.2) is 12.6 Å². The van der Waals surface area contributed by atoms with Gasteiger partial charge in [0.05, 0.1) is 0 Å². The number of halogens is 1. The zero-order valence-electron chi connectivity index (χ0n) is 11.4. The highest BCUT2D eigenvalue weighted by Crippen LogP contribution is 2.26. The first-order valence-electron chi connectivity index (χ1n) is 6.37. The third-order valence-electron chi connectivity index (χ3n) is 2.95. The summed E-state index contributed by atoms with van der Waals surface area (Å²) in [5.41, 5.74) is 1.69. The average molecular weight is 254 g/mol. The molecule has 17 heavy (non-hydrogen) atoms. The summed E-state index contributed by atoms with van der Waals surface area (Å²) in [4.78, 5) is 0. The Morgan fingerprint density at radius 3 is 2.29 bits per heavy atom. The predicted molar refractivity (Wildman–Crippen MR) is 76.7 cm³/mol. The lowest BCUT2D eigenvalue weighted by atomic mass is 9.82. The second-order valence-corrected chi connectivity index (χ2v) is 6.26. The average Bonchev–Trinajstić information content (AvgIpc) is 2.20. The summed E-state index contributed by atoms with van der Waals surface area (Å²) in [6, 6.07) is 8.76. The van der Waals surface area contributed by atoms with Gasteiger partial charge in [-0.25, -0.2) is 0 Å². The van der Waals surface area contributed by atoms with E-state index in [0.717, 1.165) is 18.0 Å². The second-order valence-electron chi connectivity index (χ2n) is 5.83. The Morgan fingerprint density at radius 1 is 1.18 bits per heavy atom. The molecule has 0 aliphatic rings. The molecule has 0 aliphatic heterocycles. The van der Waals surface area contributed by atoms with E-state index in [9.17, 15) is 0 Å². The lowest BCUT2D eigenvalue weighted by Gasteiger charge is -2.25. The molecule has 0 heterocycles. The topological polar surface area (TPSA) is 12.0 Å². The molecule has 0 bridgehead atoms. The molecule has 2 heteroatoms. The summed E-state index contributed by atoms with van der Waals surface area (Å²) >= 11 is 5.89. The monoisotopic (exact) mass is 253 g/mol. The fourth-order valence-corrected chi connectivity index (χ4v) is 2.07. The highest BCUT2D eigenvalue weighted by molar-refractivity contribution is 6.30. The Balaban J connectivity index is 2.45. The van der Waals surface area contributed by atoms with E-state index < -0.39 is 0 Å². The first-order chi connectivity index (χ1) is 7.89. The van der Waals surface area contributed by atoms with Crippen molar-refractivity contribution in [2.24, 2.45) is 5.41 Å². The largest absolute Gasteiger partial charge is 0.315 e. The molecule has 0 unspecified atom stereocenters. The fourth-order valence-electron chi connectivity index (χ4n) is 1.94. The van der Waals surface area contributed by atoms with Crippen molar-refractivity contribution < 1.29 is 0 Å². The van der Waals surface area contributed by atoms with Crippen LogP contribution in [0.5, 0.6) is 0 Å².